The highest BCUT2D eigenvalue weighted by Crippen LogP contribution is 2.28. The number of aromatic amines is 1. The number of hydrogen-bond acceptors (Lipinski definition) is 9. The Morgan fingerprint density at radius 3 is 2.25 bits per heavy atom. The van der Waals surface area contributed by atoms with E-state index < -0.39 is 44.8 Å². The van der Waals surface area contributed by atoms with Gasteiger partial charge in [0.1, 0.15) is 5.60 Å². The molecule has 1 heterocycles. The van der Waals surface area contributed by atoms with Crippen LogP contribution in [0.3, 0.4) is 0 Å². The van der Waals surface area contributed by atoms with Gasteiger partial charge in [0.15, 0.2) is 15.9 Å². The number of benzene rings is 3. The second kappa shape index (κ2) is 15.2. The predicted octanol–water partition coefficient (Wildman–Crippen LogP) is 5.65. The summed E-state index contributed by atoms with van der Waals surface area (Å²) in [5, 5.41) is 18.1. The van der Waals surface area contributed by atoms with E-state index >= 15 is 0 Å². The Labute approximate surface area is 296 Å². The number of nitrogens with one attached hydrogen (secondary N) is 4. The second-order valence-electron chi connectivity index (χ2n) is 13.6. The van der Waals surface area contributed by atoms with Gasteiger partial charge in [-0.25, -0.2) is 27.8 Å². The number of urea groups is 1. The zero-order valence-corrected chi connectivity index (χ0v) is 30.7. The fourth-order valence-corrected chi connectivity index (χ4v) is 6.65. The first-order valence-electron chi connectivity index (χ1n) is 16.2. The number of anilines is 2. The molecule has 0 aliphatic carbocycles. The average molecular weight is 721 g/mol. The molecule has 51 heavy (non-hydrogen) atoms. The number of amides is 3. The van der Waals surface area contributed by atoms with Gasteiger partial charge in [0.2, 0.25) is 0 Å². The molecule has 5 N–H and O–H groups in total. The highest BCUT2D eigenvalue weighted by molar-refractivity contribution is 7.92. The van der Waals surface area contributed by atoms with E-state index in [9.17, 15) is 32.7 Å². The second-order valence-corrected chi connectivity index (χ2v) is 16.0. The van der Waals surface area contributed by atoms with Crippen molar-refractivity contribution in [2.24, 2.45) is 0 Å². The van der Waals surface area contributed by atoms with Gasteiger partial charge in [0.25, 0.3) is 5.56 Å². The first-order valence-corrected chi connectivity index (χ1v) is 17.7. The molecule has 3 aromatic carbocycles. The van der Waals surface area contributed by atoms with Crippen molar-refractivity contribution in [3.05, 3.63) is 93.0 Å². The van der Waals surface area contributed by atoms with Crippen molar-refractivity contribution in [3.63, 3.8) is 0 Å². The molecule has 0 spiro atoms. The predicted molar refractivity (Wildman–Crippen MR) is 195 cm³/mol. The molecule has 0 radical (unpaired) electrons. The maximum atomic E-state index is 13.3. The summed E-state index contributed by atoms with van der Waals surface area (Å²) in [4.78, 5) is 58.4. The smallest absolute Gasteiger partial charge is 0.407 e. The van der Waals surface area contributed by atoms with E-state index in [-0.39, 0.29) is 29.1 Å². The van der Waals surface area contributed by atoms with Gasteiger partial charge in [0, 0.05) is 31.5 Å². The van der Waals surface area contributed by atoms with E-state index in [2.05, 4.69) is 25.9 Å². The van der Waals surface area contributed by atoms with E-state index in [1.165, 1.54) is 29.4 Å². The summed E-state index contributed by atoms with van der Waals surface area (Å²) in [6.45, 7) is 12.0. The summed E-state index contributed by atoms with van der Waals surface area (Å²) in [5.41, 5.74) is 3.24. The molecule has 0 saturated carbocycles. The summed E-state index contributed by atoms with van der Waals surface area (Å²) < 4.78 is 31.5. The van der Waals surface area contributed by atoms with Crippen LogP contribution in [-0.4, -0.2) is 64.4 Å². The number of ether oxygens (including phenoxy) is 1. The maximum absolute atomic E-state index is 13.3. The van der Waals surface area contributed by atoms with Gasteiger partial charge in [-0.1, -0.05) is 12.1 Å². The number of carbonyl (C=O) groups is 3. The lowest BCUT2D eigenvalue weighted by Gasteiger charge is -2.23. The number of hydrogen-bond donors (Lipinski definition) is 5. The minimum absolute atomic E-state index is 0.0340. The Morgan fingerprint density at radius 2 is 1.65 bits per heavy atom. The summed E-state index contributed by atoms with van der Waals surface area (Å²) in [5.74, 6) is -1.12. The van der Waals surface area contributed by atoms with Gasteiger partial charge in [-0.15, -0.1) is 0 Å². The van der Waals surface area contributed by atoms with Crippen molar-refractivity contribution in [3.8, 4) is 0 Å². The molecule has 0 aliphatic heterocycles. The Balaban J connectivity index is 1.52. The van der Waals surface area contributed by atoms with Gasteiger partial charge in [-0.05, 0) is 113 Å². The van der Waals surface area contributed by atoms with Crippen LogP contribution in [0.2, 0.25) is 0 Å². The van der Waals surface area contributed by atoms with Gasteiger partial charge in [0.05, 0.1) is 27.4 Å². The number of sulfone groups is 1. The number of rotatable bonds is 11. The van der Waals surface area contributed by atoms with Crippen LogP contribution >= 0.6 is 0 Å². The zero-order valence-electron chi connectivity index (χ0n) is 29.9. The number of carboxylic acids is 1. The number of carboxylic acid groups (broad SMARTS) is 1. The third kappa shape index (κ3) is 9.42. The Morgan fingerprint density at radius 1 is 1.00 bits per heavy atom. The maximum Gasteiger partial charge on any atom is 0.407 e. The summed E-state index contributed by atoms with van der Waals surface area (Å²) >= 11 is 0. The van der Waals surface area contributed by atoms with Crippen LogP contribution in [0.4, 0.5) is 21.0 Å². The van der Waals surface area contributed by atoms with E-state index in [1.54, 1.807) is 72.0 Å². The summed E-state index contributed by atoms with van der Waals surface area (Å²) in [6, 6.07) is 11.1. The molecule has 14 nitrogen and oxygen atoms in total. The van der Waals surface area contributed by atoms with Crippen LogP contribution in [0.15, 0.2) is 64.5 Å². The van der Waals surface area contributed by atoms with Crippen LogP contribution in [0.25, 0.3) is 10.9 Å². The molecule has 0 bridgehead atoms. The number of fused-ring (bicyclic) bond motifs is 1. The van der Waals surface area contributed by atoms with Crippen molar-refractivity contribution in [2.45, 2.75) is 83.3 Å². The fraction of sp³-hybridized carbons (Fsp3) is 0.361. The van der Waals surface area contributed by atoms with Crippen LogP contribution in [0.1, 0.15) is 68.5 Å². The number of nitrogens with zero attached hydrogens (tertiary/aromatic N) is 2. The van der Waals surface area contributed by atoms with Crippen LogP contribution < -0.4 is 21.5 Å². The molecule has 1 aromatic heterocycles. The molecule has 4 rings (SSSR count). The zero-order chi connectivity index (χ0) is 37.8. The molecule has 15 heteroatoms. The number of aromatic nitrogens is 2. The van der Waals surface area contributed by atoms with Crippen molar-refractivity contribution in [1.29, 1.82) is 0 Å². The van der Waals surface area contributed by atoms with Crippen LogP contribution in [0, 0.1) is 13.8 Å². The molecular formula is C36H44N6O8S. The molecule has 1 unspecified atom stereocenters. The highest BCUT2D eigenvalue weighted by Gasteiger charge is 2.25. The first kappa shape index (κ1) is 38.4. The Kier molecular flexibility index (Phi) is 11.4. The number of aliphatic carboxylic acids is 1. The molecule has 0 fully saturated rings. The molecule has 4 aromatic rings. The van der Waals surface area contributed by atoms with Gasteiger partial charge < -0.3 is 35.7 Å². The Bertz CT molecular complexity index is 2120. The SMILES string of the molecule is Cc1cc(C(Nc2ccc3nc[nH]c(=O)c3c2)C(=O)O)cc(C)c1CN(C)C(=O)Nc1ccc(S(=O)(=O)C(C)C)c(CNC(=O)OC(C)(C)C)c1. The number of carbonyl (C=O) groups excluding carboxylic acids is 2. The third-order valence-electron chi connectivity index (χ3n) is 8.05. The van der Waals surface area contributed by atoms with Crippen LogP contribution in [0.5, 0.6) is 0 Å². The Hall–Kier alpha value is -5.44. The molecule has 3 amide bonds. The quantitative estimate of drug-likeness (QED) is 0.129. The van der Waals surface area contributed by atoms with Crippen molar-refractivity contribution < 1.29 is 32.6 Å². The van der Waals surface area contributed by atoms with Crippen LogP contribution in [-0.2, 0) is 32.5 Å². The largest absolute Gasteiger partial charge is 0.479 e. The standard InChI is InChI=1S/C36H44N6O8S/c1-20(2)51(48,49)30-12-10-25(15-24(30)17-37-35(47)50-36(5,6)7)41-34(46)42(8)18-28-21(3)13-23(14-22(28)4)31(33(44)45)40-26-9-11-29-27(16-26)32(43)39-19-38-29/h9-16,19-20,31,40H,17-18H2,1-8H3,(H,37,47)(H,41,46)(H,44,45)(H,38,39,43). The van der Waals surface area contributed by atoms with Gasteiger partial charge in [-0.3, -0.25) is 4.79 Å². The summed E-state index contributed by atoms with van der Waals surface area (Å²) in [6.07, 6.45) is 0.588. The topological polar surface area (TPSA) is 200 Å². The highest BCUT2D eigenvalue weighted by atomic mass is 32.2. The number of alkyl carbamates (subject to hydrolysis) is 1. The van der Waals surface area contributed by atoms with E-state index in [4.69, 9.17) is 4.74 Å². The van der Waals surface area contributed by atoms with Gasteiger partial charge in [-0.2, -0.15) is 0 Å². The molecule has 1 atom stereocenters. The molecule has 0 aliphatic rings. The number of aryl methyl sites for hydroxylation is 2. The third-order valence-corrected chi connectivity index (χ3v) is 10.3. The van der Waals surface area contributed by atoms with Crippen molar-refractivity contribution >= 4 is 50.2 Å². The van der Waals surface area contributed by atoms with E-state index in [1.807, 2.05) is 13.8 Å². The molecule has 272 valence electrons. The van der Waals surface area contributed by atoms with E-state index in [0.29, 0.717) is 27.8 Å². The normalized spacial score (nSPS) is 12.3. The van der Waals surface area contributed by atoms with Gasteiger partial charge >= 0.3 is 18.1 Å². The fourth-order valence-electron chi connectivity index (χ4n) is 5.39. The molecular weight excluding hydrogens is 676 g/mol. The minimum atomic E-state index is -3.72. The van der Waals surface area contributed by atoms with Crippen molar-refractivity contribution in [1.82, 2.24) is 20.2 Å². The lowest BCUT2D eigenvalue weighted by molar-refractivity contribution is -0.138. The van der Waals surface area contributed by atoms with Crippen molar-refractivity contribution in [2.75, 3.05) is 17.7 Å². The average Bonchev–Trinajstić information content (AvgIpc) is 3.03. The monoisotopic (exact) mass is 720 g/mol. The van der Waals surface area contributed by atoms with E-state index in [0.717, 1.165) is 16.7 Å². The first-order chi connectivity index (χ1) is 23.8. The summed E-state index contributed by atoms with van der Waals surface area (Å²) in [7, 11) is -2.12. The number of H-pyrrole nitrogens is 1. The lowest BCUT2D eigenvalue weighted by atomic mass is 9.95. The lowest BCUT2D eigenvalue weighted by Crippen LogP contribution is -2.33. The molecule has 0 saturated heterocycles. The minimum Gasteiger partial charge on any atom is -0.479 e.